The predicted molar refractivity (Wildman–Crippen MR) is 142 cm³/mol. The number of furan rings is 1. The Labute approximate surface area is 218 Å². The normalized spacial score (nSPS) is 20.1. The lowest BCUT2D eigenvalue weighted by Crippen LogP contribution is -2.54. The van der Waals surface area contributed by atoms with Gasteiger partial charge in [-0.25, -0.2) is 17.1 Å². The minimum absolute atomic E-state index is 0.0186. The van der Waals surface area contributed by atoms with Crippen molar-refractivity contribution in [3.8, 4) is 0 Å². The van der Waals surface area contributed by atoms with E-state index in [2.05, 4.69) is 5.32 Å². The SMILES string of the molecule is Cc1ccc(S(=O)(=O)N2c3c(oc4ccccc34)C(c3ccccc3)C23C(=O)Nc2c(F)cccc23)cc1. The van der Waals surface area contributed by atoms with Crippen LogP contribution in [0.2, 0.25) is 0 Å². The van der Waals surface area contributed by atoms with Crippen molar-refractivity contribution in [2.24, 2.45) is 0 Å². The molecule has 1 amide bonds. The van der Waals surface area contributed by atoms with Gasteiger partial charge < -0.3 is 9.73 Å². The second-order valence-corrected chi connectivity index (χ2v) is 11.4. The van der Waals surface area contributed by atoms with Crippen LogP contribution < -0.4 is 9.62 Å². The van der Waals surface area contributed by atoms with Gasteiger partial charge in [-0.1, -0.05) is 72.3 Å². The zero-order valence-electron chi connectivity index (χ0n) is 20.2. The first-order valence-electron chi connectivity index (χ1n) is 12.1. The molecule has 2 aliphatic rings. The van der Waals surface area contributed by atoms with E-state index in [1.165, 1.54) is 28.6 Å². The van der Waals surface area contributed by atoms with E-state index in [1.54, 1.807) is 42.5 Å². The highest BCUT2D eigenvalue weighted by molar-refractivity contribution is 7.93. The molecule has 1 spiro atoms. The summed E-state index contributed by atoms with van der Waals surface area (Å²) >= 11 is 0. The minimum atomic E-state index is -4.36. The van der Waals surface area contributed by atoms with Gasteiger partial charge in [-0.15, -0.1) is 0 Å². The van der Waals surface area contributed by atoms with Crippen molar-refractivity contribution in [3.05, 3.63) is 125 Å². The third kappa shape index (κ3) is 2.80. The monoisotopic (exact) mass is 524 g/mol. The summed E-state index contributed by atoms with van der Waals surface area (Å²) < 4.78 is 51.9. The van der Waals surface area contributed by atoms with Crippen molar-refractivity contribution in [2.75, 3.05) is 9.62 Å². The van der Waals surface area contributed by atoms with Crippen LogP contribution in [-0.4, -0.2) is 14.3 Å². The number of nitrogens with one attached hydrogen (secondary N) is 1. The predicted octanol–water partition coefficient (Wildman–Crippen LogP) is 6.07. The van der Waals surface area contributed by atoms with Gasteiger partial charge in [0.1, 0.15) is 22.8 Å². The third-order valence-electron chi connectivity index (χ3n) is 7.50. The molecule has 6 nitrogen and oxygen atoms in total. The van der Waals surface area contributed by atoms with Gasteiger partial charge in [0.15, 0.2) is 5.54 Å². The number of sulfonamides is 1. The van der Waals surface area contributed by atoms with Gasteiger partial charge in [-0.2, -0.15) is 0 Å². The number of anilines is 2. The summed E-state index contributed by atoms with van der Waals surface area (Å²) in [6.45, 7) is 1.87. The summed E-state index contributed by atoms with van der Waals surface area (Å²) in [6.07, 6.45) is 0. The van der Waals surface area contributed by atoms with Gasteiger partial charge >= 0.3 is 0 Å². The maximum absolute atomic E-state index is 15.1. The summed E-state index contributed by atoms with van der Waals surface area (Å²) in [6, 6.07) is 27.1. The highest BCUT2D eigenvalue weighted by Crippen LogP contribution is 2.63. The third-order valence-corrected chi connectivity index (χ3v) is 9.32. The van der Waals surface area contributed by atoms with Gasteiger partial charge in [-0.3, -0.25) is 4.79 Å². The van der Waals surface area contributed by atoms with E-state index in [9.17, 15) is 13.2 Å². The maximum Gasteiger partial charge on any atom is 0.265 e. The summed E-state index contributed by atoms with van der Waals surface area (Å²) in [5, 5.41) is 3.22. The number of benzene rings is 4. The van der Waals surface area contributed by atoms with Crippen molar-refractivity contribution in [1.82, 2.24) is 0 Å². The molecule has 0 saturated carbocycles. The molecular weight excluding hydrogens is 503 g/mol. The number of aryl methyl sites for hydroxylation is 1. The van der Waals surface area contributed by atoms with Crippen LogP contribution in [-0.2, 0) is 20.4 Å². The molecule has 0 saturated heterocycles. The van der Waals surface area contributed by atoms with Crippen LogP contribution >= 0.6 is 0 Å². The van der Waals surface area contributed by atoms with E-state index < -0.39 is 33.2 Å². The Morgan fingerprint density at radius 2 is 1.61 bits per heavy atom. The Morgan fingerprint density at radius 1 is 0.895 bits per heavy atom. The number of carbonyl (C=O) groups is 1. The summed E-state index contributed by atoms with van der Waals surface area (Å²) in [5.74, 6) is -1.83. The van der Waals surface area contributed by atoms with Crippen LogP contribution in [0.5, 0.6) is 0 Å². The van der Waals surface area contributed by atoms with E-state index in [0.29, 0.717) is 22.3 Å². The van der Waals surface area contributed by atoms with E-state index in [0.717, 1.165) is 5.56 Å². The fourth-order valence-electron chi connectivity index (χ4n) is 5.89. The van der Waals surface area contributed by atoms with Crippen LogP contribution in [0.15, 0.2) is 106 Å². The van der Waals surface area contributed by atoms with Crippen molar-refractivity contribution in [1.29, 1.82) is 0 Å². The Morgan fingerprint density at radius 3 is 2.37 bits per heavy atom. The van der Waals surface area contributed by atoms with Crippen molar-refractivity contribution >= 4 is 38.3 Å². The minimum Gasteiger partial charge on any atom is -0.458 e. The lowest BCUT2D eigenvalue weighted by atomic mass is 9.76. The standard InChI is InChI=1S/C30H21FN2O4S/c1-18-14-16-20(17-15-18)38(35,36)33-27-21-10-5-6-13-24(21)37-28(27)25(19-8-3-2-4-9-19)30(33)22-11-7-12-23(31)26(22)32-29(30)34/h2-17,25H,1H3,(H,32,34). The van der Waals surface area contributed by atoms with Crippen molar-refractivity contribution < 1.29 is 22.0 Å². The number of para-hydroxylation sites is 2. The van der Waals surface area contributed by atoms with Crippen molar-refractivity contribution in [3.63, 3.8) is 0 Å². The molecule has 188 valence electrons. The van der Waals surface area contributed by atoms with Gasteiger partial charge in [0.25, 0.3) is 15.9 Å². The molecule has 0 radical (unpaired) electrons. The molecule has 2 unspecified atom stereocenters. The van der Waals surface area contributed by atoms with Crippen LogP contribution in [0.3, 0.4) is 0 Å². The Kier molecular flexibility index (Phi) is 4.66. The molecule has 8 heteroatoms. The summed E-state index contributed by atoms with van der Waals surface area (Å²) in [7, 11) is -4.36. The van der Waals surface area contributed by atoms with E-state index in [-0.39, 0.29) is 21.8 Å². The number of hydrogen-bond acceptors (Lipinski definition) is 4. The molecule has 0 fully saturated rings. The number of halogens is 1. The van der Waals surface area contributed by atoms with E-state index in [1.807, 2.05) is 37.3 Å². The molecule has 7 rings (SSSR count). The Balaban J connectivity index is 1.65. The average molecular weight is 525 g/mol. The highest BCUT2D eigenvalue weighted by atomic mass is 32.2. The molecule has 1 aromatic heterocycles. The smallest absolute Gasteiger partial charge is 0.265 e. The second kappa shape index (κ2) is 7.79. The van der Waals surface area contributed by atoms with Crippen LogP contribution in [0.25, 0.3) is 11.0 Å². The number of nitrogens with zero attached hydrogens (tertiary/aromatic N) is 1. The van der Waals surface area contributed by atoms with Gasteiger partial charge in [0, 0.05) is 10.9 Å². The number of amides is 1. The van der Waals surface area contributed by atoms with E-state index in [4.69, 9.17) is 4.42 Å². The number of hydrogen-bond donors (Lipinski definition) is 1. The first kappa shape index (κ1) is 22.7. The zero-order chi connectivity index (χ0) is 26.2. The van der Waals surface area contributed by atoms with Crippen LogP contribution in [0.4, 0.5) is 15.8 Å². The summed E-state index contributed by atoms with van der Waals surface area (Å²) in [5.41, 5.74) is 0.683. The lowest BCUT2D eigenvalue weighted by molar-refractivity contribution is -0.120. The zero-order valence-corrected chi connectivity index (χ0v) is 21.0. The van der Waals surface area contributed by atoms with Crippen LogP contribution in [0, 0.1) is 12.7 Å². The second-order valence-electron chi connectivity index (χ2n) is 9.62. The Hall–Kier alpha value is -4.43. The fraction of sp³-hybridized carbons (Fsp3) is 0.100. The molecule has 38 heavy (non-hydrogen) atoms. The number of carbonyl (C=O) groups excluding carboxylic acids is 1. The molecule has 2 aliphatic heterocycles. The van der Waals surface area contributed by atoms with E-state index >= 15 is 4.39 Å². The highest BCUT2D eigenvalue weighted by Gasteiger charge is 2.68. The molecule has 4 aromatic carbocycles. The average Bonchev–Trinajstić information content (AvgIpc) is 3.53. The number of fused-ring (bicyclic) bond motifs is 5. The summed E-state index contributed by atoms with van der Waals surface area (Å²) in [4.78, 5) is 14.2. The quantitative estimate of drug-likeness (QED) is 0.311. The first-order valence-corrected chi connectivity index (χ1v) is 13.6. The first-order chi connectivity index (χ1) is 18.3. The van der Waals surface area contributed by atoms with Crippen molar-refractivity contribution in [2.45, 2.75) is 23.3 Å². The van der Waals surface area contributed by atoms with Gasteiger partial charge in [-0.05, 0) is 42.8 Å². The molecule has 2 atom stereocenters. The lowest BCUT2D eigenvalue weighted by Gasteiger charge is -2.38. The Bertz CT molecular complexity index is 1870. The molecule has 0 aliphatic carbocycles. The molecule has 5 aromatic rings. The van der Waals surface area contributed by atoms with Gasteiger partial charge in [0.05, 0.1) is 16.5 Å². The topological polar surface area (TPSA) is 79.6 Å². The largest absolute Gasteiger partial charge is 0.458 e. The maximum atomic E-state index is 15.1. The number of rotatable bonds is 3. The van der Waals surface area contributed by atoms with Crippen LogP contribution in [0.1, 0.15) is 28.4 Å². The molecule has 0 bridgehead atoms. The fourth-order valence-corrected chi connectivity index (χ4v) is 7.68. The molecular formula is C30H21FN2O4S. The molecule has 3 heterocycles. The molecule has 1 N–H and O–H groups in total. The van der Waals surface area contributed by atoms with Gasteiger partial charge in [0.2, 0.25) is 0 Å².